The third-order valence-electron chi connectivity index (χ3n) is 2.82. The van der Waals surface area contributed by atoms with Gasteiger partial charge in [0, 0.05) is 12.6 Å². The molecule has 2 heteroatoms. The highest BCUT2D eigenvalue weighted by atomic mass is 16.5. The summed E-state index contributed by atoms with van der Waals surface area (Å²) in [6.07, 6.45) is 6.37. The van der Waals surface area contributed by atoms with Crippen molar-refractivity contribution in [3.05, 3.63) is 0 Å². The quantitative estimate of drug-likeness (QED) is 0.713. The molecule has 0 aromatic rings. The standard InChI is InChI=1S/C11H23NO/c1-3-4-9(2)8-13-11-6-5-10(12)7-11/h9-11H,3-8,12H2,1-2H3. The third-order valence-corrected chi connectivity index (χ3v) is 2.82. The summed E-state index contributed by atoms with van der Waals surface area (Å²) in [4.78, 5) is 0. The molecule has 0 aromatic heterocycles. The van der Waals surface area contributed by atoms with Crippen molar-refractivity contribution in [2.75, 3.05) is 6.61 Å². The molecule has 3 unspecified atom stereocenters. The third kappa shape index (κ3) is 4.10. The summed E-state index contributed by atoms with van der Waals surface area (Å²) in [5.41, 5.74) is 5.81. The Kier molecular flexibility index (Phi) is 4.74. The van der Waals surface area contributed by atoms with Crippen LogP contribution in [0.25, 0.3) is 0 Å². The number of rotatable bonds is 5. The van der Waals surface area contributed by atoms with Crippen molar-refractivity contribution in [3.63, 3.8) is 0 Å². The molecule has 0 amide bonds. The van der Waals surface area contributed by atoms with E-state index in [4.69, 9.17) is 10.5 Å². The van der Waals surface area contributed by atoms with Crippen LogP contribution in [0.3, 0.4) is 0 Å². The maximum absolute atomic E-state index is 5.81. The Balaban J connectivity index is 2.05. The van der Waals surface area contributed by atoms with Crippen LogP contribution in [-0.2, 0) is 4.74 Å². The second kappa shape index (κ2) is 5.61. The fourth-order valence-corrected chi connectivity index (χ4v) is 2.00. The molecule has 1 aliphatic carbocycles. The van der Waals surface area contributed by atoms with Crippen LogP contribution < -0.4 is 5.73 Å². The van der Waals surface area contributed by atoms with E-state index in [-0.39, 0.29) is 0 Å². The molecule has 2 N–H and O–H groups in total. The second-order valence-corrected chi connectivity index (χ2v) is 4.42. The Morgan fingerprint density at radius 3 is 2.77 bits per heavy atom. The van der Waals surface area contributed by atoms with Gasteiger partial charge in [0.1, 0.15) is 0 Å². The Bertz CT molecular complexity index is 138. The van der Waals surface area contributed by atoms with Crippen molar-refractivity contribution in [3.8, 4) is 0 Å². The lowest BCUT2D eigenvalue weighted by molar-refractivity contribution is 0.0346. The van der Waals surface area contributed by atoms with Crippen molar-refractivity contribution in [1.29, 1.82) is 0 Å². The zero-order chi connectivity index (χ0) is 9.68. The SMILES string of the molecule is CCCC(C)COC1CCC(N)C1. The van der Waals surface area contributed by atoms with Crippen molar-refractivity contribution >= 4 is 0 Å². The van der Waals surface area contributed by atoms with Crippen molar-refractivity contribution < 1.29 is 4.74 Å². The molecule has 1 fully saturated rings. The molecule has 78 valence electrons. The fraction of sp³-hybridized carbons (Fsp3) is 1.00. The zero-order valence-corrected chi connectivity index (χ0v) is 8.96. The Labute approximate surface area is 81.8 Å². The first-order chi connectivity index (χ1) is 6.22. The van der Waals surface area contributed by atoms with Crippen LogP contribution in [0.2, 0.25) is 0 Å². The average molecular weight is 185 g/mol. The van der Waals surface area contributed by atoms with Crippen molar-refractivity contribution in [2.24, 2.45) is 11.7 Å². The molecular weight excluding hydrogens is 162 g/mol. The molecule has 1 aliphatic rings. The molecule has 1 rings (SSSR count). The van der Waals surface area contributed by atoms with E-state index in [1.807, 2.05) is 0 Å². The summed E-state index contributed by atoms with van der Waals surface area (Å²) in [7, 11) is 0. The summed E-state index contributed by atoms with van der Waals surface area (Å²) in [6, 6.07) is 0.395. The van der Waals surface area contributed by atoms with E-state index in [0.29, 0.717) is 18.1 Å². The first-order valence-electron chi connectivity index (χ1n) is 5.59. The normalized spacial score (nSPS) is 30.7. The van der Waals surface area contributed by atoms with Crippen LogP contribution in [0.1, 0.15) is 46.0 Å². The molecule has 1 saturated carbocycles. The Morgan fingerprint density at radius 1 is 1.46 bits per heavy atom. The summed E-state index contributed by atoms with van der Waals surface area (Å²) >= 11 is 0. The van der Waals surface area contributed by atoms with Gasteiger partial charge in [-0.05, 0) is 31.6 Å². The van der Waals surface area contributed by atoms with Crippen LogP contribution in [0.15, 0.2) is 0 Å². The van der Waals surface area contributed by atoms with E-state index in [1.54, 1.807) is 0 Å². The predicted molar refractivity (Wildman–Crippen MR) is 55.6 cm³/mol. The lowest BCUT2D eigenvalue weighted by atomic mass is 10.1. The van der Waals surface area contributed by atoms with Crippen LogP contribution in [-0.4, -0.2) is 18.8 Å². The molecule has 0 bridgehead atoms. The summed E-state index contributed by atoms with van der Waals surface area (Å²) in [5.74, 6) is 0.710. The highest BCUT2D eigenvalue weighted by Crippen LogP contribution is 2.21. The smallest absolute Gasteiger partial charge is 0.0590 e. The van der Waals surface area contributed by atoms with Gasteiger partial charge < -0.3 is 10.5 Å². The zero-order valence-electron chi connectivity index (χ0n) is 8.96. The molecule has 0 heterocycles. The van der Waals surface area contributed by atoms with E-state index in [9.17, 15) is 0 Å². The van der Waals surface area contributed by atoms with Gasteiger partial charge in [-0.3, -0.25) is 0 Å². The van der Waals surface area contributed by atoms with Gasteiger partial charge in [0.05, 0.1) is 6.10 Å². The minimum absolute atomic E-state index is 0.395. The van der Waals surface area contributed by atoms with E-state index < -0.39 is 0 Å². The molecule has 3 atom stereocenters. The molecule has 13 heavy (non-hydrogen) atoms. The van der Waals surface area contributed by atoms with Gasteiger partial charge >= 0.3 is 0 Å². The van der Waals surface area contributed by atoms with Gasteiger partial charge in [-0.25, -0.2) is 0 Å². The van der Waals surface area contributed by atoms with E-state index in [2.05, 4.69) is 13.8 Å². The highest BCUT2D eigenvalue weighted by Gasteiger charge is 2.22. The van der Waals surface area contributed by atoms with Gasteiger partial charge in [-0.1, -0.05) is 20.3 Å². The van der Waals surface area contributed by atoms with Crippen LogP contribution in [0.5, 0.6) is 0 Å². The van der Waals surface area contributed by atoms with Gasteiger partial charge in [0.15, 0.2) is 0 Å². The average Bonchev–Trinajstić information content (AvgIpc) is 2.49. The molecule has 0 spiro atoms. The number of hydrogen-bond acceptors (Lipinski definition) is 2. The monoisotopic (exact) mass is 185 g/mol. The largest absolute Gasteiger partial charge is 0.378 e. The Hall–Kier alpha value is -0.0800. The molecule has 0 aliphatic heterocycles. The fourth-order valence-electron chi connectivity index (χ4n) is 2.00. The molecular formula is C11H23NO. The molecule has 0 saturated heterocycles. The summed E-state index contributed by atoms with van der Waals surface area (Å²) in [6.45, 7) is 5.41. The number of nitrogens with two attached hydrogens (primary N) is 1. The summed E-state index contributed by atoms with van der Waals surface area (Å²) in [5, 5.41) is 0. The lowest BCUT2D eigenvalue weighted by Crippen LogP contribution is -2.19. The Morgan fingerprint density at radius 2 is 2.23 bits per heavy atom. The minimum atomic E-state index is 0.395. The number of hydrogen-bond donors (Lipinski definition) is 1. The molecule has 2 nitrogen and oxygen atoms in total. The van der Waals surface area contributed by atoms with E-state index in [1.165, 1.54) is 19.3 Å². The number of ether oxygens (including phenoxy) is 1. The van der Waals surface area contributed by atoms with Gasteiger partial charge in [-0.2, -0.15) is 0 Å². The second-order valence-electron chi connectivity index (χ2n) is 4.42. The van der Waals surface area contributed by atoms with Crippen molar-refractivity contribution in [1.82, 2.24) is 0 Å². The minimum Gasteiger partial charge on any atom is -0.378 e. The lowest BCUT2D eigenvalue weighted by Gasteiger charge is -2.15. The topological polar surface area (TPSA) is 35.2 Å². The predicted octanol–water partition coefficient (Wildman–Crippen LogP) is 2.32. The van der Waals surface area contributed by atoms with Crippen LogP contribution in [0, 0.1) is 5.92 Å². The van der Waals surface area contributed by atoms with Crippen LogP contribution in [0.4, 0.5) is 0 Å². The first kappa shape index (κ1) is 11.0. The van der Waals surface area contributed by atoms with Gasteiger partial charge in [0.25, 0.3) is 0 Å². The first-order valence-corrected chi connectivity index (χ1v) is 5.59. The summed E-state index contributed by atoms with van der Waals surface area (Å²) < 4.78 is 5.81. The van der Waals surface area contributed by atoms with E-state index in [0.717, 1.165) is 19.4 Å². The van der Waals surface area contributed by atoms with Gasteiger partial charge in [0.2, 0.25) is 0 Å². The van der Waals surface area contributed by atoms with Crippen LogP contribution >= 0.6 is 0 Å². The molecule has 0 radical (unpaired) electrons. The maximum Gasteiger partial charge on any atom is 0.0590 e. The van der Waals surface area contributed by atoms with Gasteiger partial charge in [-0.15, -0.1) is 0 Å². The van der Waals surface area contributed by atoms with E-state index >= 15 is 0 Å². The maximum atomic E-state index is 5.81. The van der Waals surface area contributed by atoms with Crippen molar-refractivity contribution in [2.45, 2.75) is 58.1 Å². The highest BCUT2D eigenvalue weighted by molar-refractivity contribution is 4.78. The molecule has 0 aromatic carbocycles.